The molecule has 1 amide bonds. The minimum Gasteiger partial charge on any atom is -0.323 e. The molecule has 4 rings (SSSR count). The number of amides is 1. The molecule has 2 heterocycles. The van der Waals surface area contributed by atoms with Crippen molar-refractivity contribution in [3.63, 3.8) is 0 Å². The number of aromatic nitrogens is 3. The van der Waals surface area contributed by atoms with E-state index in [-0.39, 0.29) is 34.0 Å². The summed E-state index contributed by atoms with van der Waals surface area (Å²) in [5, 5.41) is 5.64. The van der Waals surface area contributed by atoms with Crippen LogP contribution in [0.15, 0.2) is 79.4 Å². The Labute approximate surface area is 208 Å². The van der Waals surface area contributed by atoms with Gasteiger partial charge in [0.2, 0.25) is 5.95 Å². The zero-order chi connectivity index (χ0) is 25.7. The van der Waals surface area contributed by atoms with Gasteiger partial charge in [-0.1, -0.05) is 17.7 Å². The summed E-state index contributed by atoms with van der Waals surface area (Å²) >= 11 is 6.19. The lowest BCUT2D eigenvalue weighted by Crippen LogP contribution is -2.14. The molecule has 182 valence electrons. The van der Waals surface area contributed by atoms with Gasteiger partial charge in [0.25, 0.3) is 5.91 Å². The van der Waals surface area contributed by atoms with Crippen LogP contribution in [0.1, 0.15) is 31.8 Å². The van der Waals surface area contributed by atoms with Crippen LogP contribution in [0, 0.1) is 0 Å². The Balaban J connectivity index is 1.44. The smallest absolute Gasteiger partial charge is 0.323 e. The number of nitrogens with zero attached hydrogens (tertiary/aromatic N) is 3. The number of carbonyl (C=O) groups excluding carboxylic acids is 2. The number of benzene rings is 2. The third-order valence-corrected chi connectivity index (χ3v) is 5.29. The van der Waals surface area contributed by atoms with Crippen molar-refractivity contribution in [2.24, 2.45) is 0 Å². The van der Waals surface area contributed by atoms with Crippen LogP contribution < -0.4 is 10.6 Å². The van der Waals surface area contributed by atoms with Crippen molar-refractivity contribution in [3.8, 4) is 0 Å². The number of carbonyl (C=O) groups is 2. The van der Waals surface area contributed by atoms with E-state index in [2.05, 4.69) is 25.6 Å². The van der Waals surface area contributed by atoms with Crippen LogP contribution in [0.2, 0.25) is 5.02 Å². The van der Waals surface area contributed by atoms with E-state index in [4.69, 9.17) is 11.6 Å². The van der Waals surface area contributed by atoms with E-state index in [0.717, 1.165) is 18.2 Å². The minimum absolute atomic E-state index is 0.0576. The second-order valence-corrected chi connectivity index (χ2v) is 8.02. The molecule has 2 aromatic heterocycles. The van der Waals surface area contributed by atoms with Gasteiger partial charge in [-0.25, -0.2) is 9.97 Å². The van der Waals surface area contributed by atoms with Crippen LogP contribution >= 0.6 is 11.6 Å². The highest BCUT2D eigenvalue weighted by Gasteiger charge is 2.31. The van der Waals surface area contributed by atoms with Gasteiger partial charge < -0.3 is 10.6 Å². The van der Waals surface area contributed by atoms with Gasteiger partial charge in [-0.2, -0.15) is 13.2 Å². The maximum absolute atomic E-state index is 12.9. The SMILES string of the molecule is O=C(Nc1ccc(Cl)c(C(=O)Cc2cnc(Nc3cccnc3)nc2)c1)c1cccc(C(F)(F)F)c1. The van der Waals surface area contributed by atoms with Crippen LogP contribution in [0.25, 0.3) is 0 Å². The van der Waals surface area contributed by atoms with Crippen LogP contribution in [-0.2, 0) is 12.6 Å². The molecule has 7 nitrogen and oxygen atoms in total. The molecule has 36 heavy (non-hydrogen) atoms. The van der Waals surface area contributed by atoms with Crippen molar-refractivity contribution in [1.82, 2.24) is 15.0 Å². The first-order valence-corrected chi connectivity index (χ1v) is 10.9. The number of alkyl halides is 3. The standard InChI is InChI=1S/C25H17ClF3N5O2/c26-21-7-6-18(33-23(36)16-3-1-4-17(10-16)25(27,28)29)11-20(21)22(35)9-15-12-31-24(32-13-15)34-19-5-2-8-30-14-19/h1-8,10-14H,9H2,(H,33,36)(H,31,32,34). The number of pyridine rings is 1. The zero-order valence-corrected chi connectivity index (χ0v) is 19.1. The molecule has 0 fully saturated rings. The van der Waals surface area contributed by atoms with E-state index >= 15 is 0 Å². The first kappa shape index (κ1) is 24.8. The van der Waals surface area contributed by atoms with Gasteiger partial charge >= 0.3 is 6.18 Å². The summed E-state index contributed by atoms with van der Waals surface area (Å²) in [4.78, 5) is 37.7. The van der Waals surface area contributed by atoms with E-state index in [1.54, 1.807) is 24.5 Å². The van der Waals surface area contributed by atoms with Crippen molar-refractivity contribution in [1.29, 1.82) is 0 Å². The van der Waals surface area contributed by atoms with E-state index in [0.29, 0.717) is 17.2 Å². The largest absolute Gasteiger partial charge is 0.416 e. The van der Waals surface area contributed by atoms with E-state index in [1.807, 2.05) is 0 Å². The second-order valence-electron chi connectivity index (χ2n) is 7.61. The van der Waals surface area contributed by atoms with Crippen molar-refractivity contribution in [2.75, 3.05) is 10.6 Å². The number of hydrogen-bond donors (Lipinski definition) is 2. The summed E-state index contributed by atoms with van der Waals surface area (Å²) in [7, 11) is 0. The summed E-state index contributed by atoms with van der Waals surface area (Å²) in [5.74, 6) is -0.782. The third-order valence-electron chi connectivity index (χ3n) is 4.96. The maximum Gasteiger partial charge on any atom is 0.416 e. The lowest BCUT2D eigenvalue weighted by atomic mass is 10.0. The molecule has 0 bridgehead atoms. The maximum atomic E-state index is 12.9. The highest BCUT2D eigenvalue weighted by Crippen LogP contribution is 2.30. The van der Waals surface area contributed by atoms with Crippen LogP contribution in [0.5, 0.6) is 0 Å². The van der Waals surface area contributed by atoms with Gasteiger partial charge in [-0.15, -0.1) is 0 Å². The highest BCUT2D eigenvalue weighted by atomic mass is 35.5. The summed E-state index contributed by atoms with van der Waals surface area (Å²) in [6.45, 7) is 0. The van der Waals surface area contributed by atoms with Crippen molar-refractivity contribution < 1.29 is 22.8 Å². The van der Waals surface area contributed by atoms with Crippen LogP contribution in [0.3, 0.4) is 0 Å². The minimum atomic E-state index is -4.58. The summed E-state index contributed by atoms with van der Waals surface area (Å²) in [6, 6.07) is 11.8. The third kappa shape index (κ3) is 6.22. The molecule has 0 saturated heterocycles. The number of anilines is 3. The van der Waals surface area contributed by atoms with Crippen molar-refractivity contribution in [2.45, 2.75) is 12.6 Å². The zero-order valence-electron chi connectivity index (χ0n) is 18.4. The number of rotatable bonds is 7. The highest BCUT2D eigenvalue weighted by molar-refractivity contribution is 6.34. The number of nitrogens with one attached hydrogen (secondary N) is 2. The molecular formula is C25H17ClF3N5O2. The molecule has 0 aliphatic carbocycles. The fourth-order valence-corrected chi connectivity index (χ4v) is 3.44. The van der Waals surface area contributed by atoms with Crippen LogP contribution in [0.4, 0.5) is 30.5 Å². The summed E-state index contributed by atoms with van der Waals surface area (Å²) in [5.41, 5.74) is 0.465. The topological polar surface area (TPSA) is 96.9 Å². The molecule has 0 radical (unpaired) electrons. The van der Waals surface area contributed by atoms with Crippen molar-refractivity contribution in [3.05, 3.63) is 107 Å². The number of Topliss-reactive ketones (excluding diaryl/α,β-unsaturated/α-hetero) is 1. The molecule has 0 atom stereocenters. The monoisotopic (exact) mass is 511 g/mol. The van der Waals surface area contributed by atoms with Gasteiger partial charge in [0.15, 0.2) is 5.78 Å². The van der Waals surface area contributed by atoms with E-state index in [1.165, 1.54) is 36.7 Å². The average molecular weight is 512 g/mol. The normalized spacial score (nSPS) is 11.1. The molecular weight excluding hydrogens is 495 g/mol. The van der Waals surface area contributed by atoms with Crippen molar-refractivity contribution >= 4 is 40.6 Å². The molecule has 2 N–H and O–H groups in total. The van der Waals surface area contributed by atoms with Gasteiger partial charge in [-0.3, -0.25) is 14.6 Å². The van der Waals surface area contributed by atoms with Crippen LogP contribution in [-0.4, -0.2) is 26.6 Å². The molecule has 2 aromatic carbocycles. The van der Waals surface area contributed by atoms with Gasteiger partial charge in [0.05, 0.1) is 22.5 Å². The Bertz CT molecular complexity index is 1400. The molecule has 0 saturated carbocycles. The number of hydrogen-bond acceptors (Lipinski definition) is 6. The summed E-state index contributed by atoms with van der Waals surface area (Å²) in [6.07, 6.45) is 1.61. The second kappa shape index (κ2) is 10.5. The Kier molecular flexibility index (Phi) is 7.25. The average Bonchev–Trinajstić information content (AvgIpc) is 2.86. The molecule has 0 unspecified atom stereocenters. The Morgan fingerprint density at radius 3 is 2.39 bits per heavy atom. The van der Waals surface area contributed by atoms with Gasteiger partial charge in [0.1, 0.15) is 0 Å². The predicted octanol–water partition coefficient (Wildman–Crippen LogP) is 5.97. The predicted molar refractivity (Wildman–Crippen MR) is 128 cm³/mol. The fourth-order valence-electron chi connectivity index (χ4n) is 3.21. The molecule has 0 aliphatic rings. The Hall–Kier alpha value is -4.31. The number of ketones is 1. The molecule has 0 spiro atoms. The number of halogens is 4. The lowest BCUT2D eigenvalue weighted by molar-refractivity contribution is -0.137. The lowest BCUT2D eigenvalue weighted by Gasteiger charge is -2.11. The fraction of sp³-hybridized carbons (Fsp3) is 0.0800. The summed E-state index contributed by atoms with van der Waals surface area (Å²) < 4.78 is 38.8. The molecule has 0 aliphatic heterocycles. The van der Waals surface area contributed by atoms with Gasteiger partial charge in [-0.05, 0) is 54.1 Å². The quantitative estimate of drug-likeness (QED) is 0.297. The Morgan fingerprint density at radius 1 is 0.917 bits per heavy atom. The van der Waals surface area contributed by atoms with Gasteiger partial charge in [0, 0.05) is 41.8 Å². The van der Waals surface area contributed by atoms with E-state index in [9.17, 15) is 22.8 Å². The first-order valence-electron chi connectivity index (χ1n) is 10.5. The first-order chi connectivity index (χ1) is 17.2. The van der Waals surface area contributed by atoms with E-state index < -0.39 is 17.6 Å². The molecule has 4 aromatic rings. The molecule has 11 heteroatoms. The Morgan fingerprint density at radius 2 is 1.69 bits per heavy atom.